The maximum Gasteiger partial charge on any atom is 0.251 e. The van der Waals surface area contributed by atoms with Crippen molar-refractivity contribution < 1.29 is 9.53 Å². The summed E-state index contributed by atoms with van der Waals surface area (Å²) in [5.41, 5.74) is 0.614. The molecule has 0 heterocycles. The van der Waals surface area contributed by atoms with Crippen molar-refractivity contribution in [2.75, 3.05) is 6.61 Å². The van der Waals surface area contributed by atoms with Crippen LogP contribution in [0, 0.1) is 0 Å². The molecule has 1 N–H and O–H groups in total. The van der Waals surface area contributed by atoms with Gasteiger partial charge in [0.1, 0.15) is 5.75 Å². The average molecular weight is 284 g/mol. The van der Waals surface area contributed by atoms with Crippen LogP contribution in [0.2, 0.25) is 0 Å². The number of hydrogen-bond donors (Lipinski definition) is 1. The highest BCUT2D eigenvalue weighted by molar-refractivity contribution is 6.20. The molecule has 1 aromatic carbocycles. The van der Waals surface area contributed by atoms with Crippen LogP contribution in [0.1, 0.15) is 44.0 Å². The van der Waals surface area contributed by atoms with Gasteiger partial charge in [-0.3, -0.25) is 4.79 Å². The smallest absolute Gasteiger partial charge is 0.251 e. The Morgan fingerprint density at radius 1 is 1.42 bits per heavy atom. The van der Waals surface area contributed by atoms with Crippen molar-refractivity contribution in [1.29, 1.82) is 0 Å². The second-order valence-corrected chi connectivity index (χ2v) is 5.51. The van der Waals surface area contributed by atoms with Crippen LogP contribution < -0.4 is 10.1 Å². The van der Waals surface area contributed by atoms with E-state index in [1.54, 1.807) is 12.1 Å². The Labute approximate surface area is 120 Å². The maximum absolute atomic E-state index is 12.1. The minimum absolute atomic E-state index is 0.0505. The molecule has 4 heteroatoms. The molecule has 0 fully saturated rings. The van der Waals surface area contributed by atoms with Gasteiger partial charge in [0, 0.05) is 17.0 Å². The molecule has 0 spiro atoms. The molecule has 0 bridgehead atoms. The summed E-state index contributed by atoms with van der Waals surface area (Å²) >= 11 is 5.91. The second-order valence-electron chi connectivity index (χ2n) is 4.77. The first kappa shape index (κ1) is 15.8. The van der Waals surface area contributed by atoms with Crippen molar-refractivity contribution in [3.8, 4) is 5.75 Å². The highest BCUT2D eigenvalue weighted by atomic mass is 35.5. The van der Waals surface area contributed by atoms with Crippen LogP contribution in [0.5, 0.6) is 5.75 Å². The third-order valence-electron chi connectivity index (χ3n) is 2.62. The first-order valence-electron chi connectivity index (χ1n) is 6.70. The number of ether oxygens (including phenoxy) is 1. The summed E-state index contributed by atoms with van der Waals surface area (Å²) in [6.07, 6.45) is 1.69. The Morgan fingerprint density at radius 2 is 2.16 bits per heavy atom. The van der Waals surface area contributed by atoms with Gasteiger partial charge < -0.3 is 10.1 Å². The third-order valence-corrected chi connectivity index (χ3v) is 2.80. The topological polar surface area (TPSA) is 38.3 Å². The van der Waals surface area contributed by atoms with Gasteiger partial charge in [0.25, 0.3) is 5.91 Å². The van der Waals surface area contributed by atoms with E-state index >= 15 is 0 Å². The largest absolute Gasteiger partial charge is 0.494 e. The summed E-state index contributed by atoms with van der Waals surface area (Å²) in [7, 11) is 0. The van der Waals surface area contributed by atoms with E-state index in [4.69, 9.17) is 16.3 Å². The fourth-order valence-electron chi connectivity index (χ4n) is 1.80. The van der Waals surface area contributed by atoms with Crippen molar-refractivity contribution in [3.05, 3.63) is 29.8 Å². The number of amides is 1. The lowest BCUT2D eigenvalue weighted by molar-refractivity contribution is 0.0938. The molecule has 0 saturated heterocycles. The zero-order valence-corrected chi connectivity index (χ0v) is 12.5. The molecule has 0 radical (unpaired) electrons. The van der Waals surface area contributed by atoms with E-state index in [0.29, 0.717) is 12.2 Å². The molecular formula is C15H22ClNO2. The van der Waals surface area contributed by atoms with Crippen LogP contribution in [-0.2, 0) is 0 Å². The first-order valence-corrected chi connectivity index (χ1v) is 7.14. The molecule has 106 valence electrons. The van der Waals surface area contributed by atoms with E-state index < -0.39 is 0 Å². The van der Waals surface area contributed by atoms with E-state index in [1.807, 2.05) is 32.9 Å². The fourth-order valence-corrected chi connectivity index (χ4v) is 2.07. The molecule has 1 rings (SSSR count). The highest BCUT2D eigenvalue weighted by Crippen LogP contribution is 2.14. The van der Waals surface area contributed by atoms with Crippen LogP contribution in [0.25, 0.3) is 0 Å². The van der Waals surface area contributed by atoms with Gasteiger partial charge in [0.2, 0.25) is 0 Å². The van der Waals surface area contributed by atoms with Gasteiger partial charge >= 0.3 is 0 Å². The zero-order chi connectivity index (χ0) is 14.3. The number of carbonyl (C=O) groups is 1. The minimum Gasteiger partial charge on any atom is -0.494 e. The van der Waals surface area contributed by atoms with Gasteiger partial charge in [-0.2, -0.15) is 0 Å². The Hall–Kier alpha value is -1.22. The predicted octanol–water partition coefficient (Wildman–Crippen LogP) is 3.61. The normalized spacial score (nSPS) is 13.7. The van der Waals surface area contributed by atoms with Crippen LogP contribution in [0.15, 0.2) is 24.3 Å². The molecule has 0 aromatic heterocycles. The number of hydrogen-bond acceptors (Lipinski definition) is 2. The molecule has 3 nitrogen and oxygen atoms in total. The second kappa shape index (κ2) is 8.05. The average Bonchev–Trinajstić information content (AvgIpc) is 2.35. The molecule has 0 aliphatic heterocycles. The lowest BCUT2D eigenvalue weighted by Crippen LogP contribution is -2.33. The number of benzene rings is 1. The van der Waals surface area contributed by atoms with Crippen molar-refractivity contribution in [1.82, 2.24) is 5.32 Å². The molecule has 0 saturated carbocycles. The molecule has 1 aromatic rings. The summed E-state index contributed by atoms with van der Waals surface area (Å²) in [5.74, 6) is 0.639. The van der Waals surface area contributed by atoms with Gasteiger partial charge in [-0.05, 0) is 44.9 Å². The summed E-state index contributed by atoms with van der Waals surface area (Å²) in [6.45, 7) is 6.58. The molecule has 2 atom stereocenters. The molecule has 19 heavy (non-hydrogen) atoms. The maximum atomic E-state index is 12.1. The Kier molecular flexibility index (Phi) is 6.71. The summed E-state index contributed by atoms with van der Waals surface area (Å²) < 4.78 is 5.51. The highest BCUT2D eigenvalue weighted by Gasteiger charge is 2.12. The van der Waals surface area contributed by atoms with Gasteiger partial charge in [-0.15, -0.1) is 11.6 Å². The summed E-state index contributed by atoms with van der Waals surface area (Å²) in [6, 6.07) is 7.29. The molecule has 0 aliphatic rings. The third kappa shape index (κ3) is 5.97. The van der Waals surface area contributed by atoms with Gasteiger partial charge in [-0.25, -0.2) is 0 Å². The lowest BCUT2D eigenvalue weighted by atomic mass is 10.1. The van der Waals surface area contributed by atoms with Crippen LogP contribution in [0.4, 0.5) is 0 Å². The van der Waals surface area contributed by atoms with Crippen molar-refractivity contribution >= 4 is 17.5 Å². The molecular weight excluding hydrogens is 262 g/mol. The molecule has 1 amide bonds. The zero-order valence-electron chi connectivity index (χ0n) is 11.8. The Balaban J connectivity index is 2.61. The Bertz CT molecular complexity index is 407. The number of carbonyl (C=O) groups excluding carboxylic acids is 1. The van der Waals surface area contributed by atoms with Crippen LogP contribution in [0.3, 0.4) is 0 Å². The number of nitrogens with one attached hydrogen (secondary N) is 1. The van der Waals surface area contributed by atoms with Crippen molar-refractivity contribution in [3.63, 3.8) is 0 Å². The fraction of sp³-hybridized carbons (Fsp3) is 0.533. The van der Waals surface area contributed by atoms with Gasteiger partial charge in [0.15, 0.2) is 0 Å². The predicted molar refractivity (Wildman–Crippen MR) is 79.1 cm³/mol. The number of alkyl halides is 1. The van der Waals surface area contributed by atoms with E-state index in [0.717, 1.165) is 18.6 Å². The van der Waals surface area contributed by atoms with Gasteiger partial charge in [-0.1, -0.05) is 13.0 Å². The number of rotatable bonds is 7. The van der Waals surface area contributed by atoms with E-state index in [1.165, 1.54) is 0 Å². The van der Waals surface area contributed by atoms with Crippen molar-refractivity contribution in [2.45, 2.75) is 45.0 Å². The lowest BCUT2D eigenvalue weighted by Gasteiger charge is -2.15. The van der Waals surface area contributed by atoms with E-state index in [2.05, 4.69) is 5.32 Å². The minimum atomic E-state index is -0.0910. The first-order chi connectivity index (χ1) is 9.02. The van der Waals surface area contributed by atoms with Crippen LogP contribution >= 0.6 is 11.6 Å². The van der Waals surface area contributed by atoms with Crippen molar-refractivity contribution in [2.24, 2.45) is 0 Å². The van der Waals surface area contributed by atoms with E-state index in [9.17, 15) is 4.79 Å². The standard InChI is InChI=1S/C15H22ClNO2/c1-4-8-19-14-7-5-6-13(10-14)15(18)17-12(3)9-11(2)16/h5-7,10-12H,4,8-9H2,1-3H3,(H,17,18). The molecule has 2 unspecified atom stereocenters. The number of halogens is 1. The molecule has 0 aliphatic carbocycles. The summed E-state index contributed by atoms with van der Waals surface area (Å²) in [5, 5.41) is 2.98. The van der Waals surface area contributed by atoms with Crippen LogP contribution in [-0.4, -0.2) is 23.9 Å². The Morgan fingerprint density at radius 3 is 2.79 bits per heavy atom. The quantitative estimate of drug-likeness (QED) is 0.776. The SMILES string of the molecule is CCCOc1cccc(C(=O)NC(C)CC(C)Cl)c1. The van der Waals surface area contributed by atoms with E-state index in [-0.39, 0.29) is 17.3 Å². The van der Waals surface area contributed by atoms with Gasteiger partial charge in [0.05, 0.1) is 6.61 Å². The summed E-state index contributed by atoms with van der Waals surface area (Å²) in [4.78, 5) is 12.1. The monoisotopic (exact) mass is 283 g/mol.